The Hall–Kier alpha value is -3.09. The van der Waals surface area contributed by atoms with Gasteiger partial charge in [-0.05, 0) is 44.5 Å². The predicted molar refractivity (Wildman–Crippen MR) is 102 cm³/mol. The monoisotopic (exact) mass is 372 g/mol. The first-order valence-electron chi connectivity index (χ1n) is 8.60. The Morgan fingerprint density at radius 3 is 2.41 bits per heavy atom. The highest BCUT2D eigenvalue weighted by Crippen LogP contribution is 2.20. The zero-order valence-electron chi connectivity index (χ0n) is 16.2. The van der Waals surface area contributed by atoms with Gasteiger partial charge in [0.05, 0.1) is 23.4 Å². The van der Waals surface area contributed by atoms with E-state index in [1.54, 1.807) is 39.0 Å². The molecular weight excluding hydrogens is 348 g/mol. The Morgan fingerprint density at radius 2 is 1.78 bits per heavy atom. The van der Waals surface area contributed by atoms with Crippen molar-refractivity contribution >= 4 is 23.4 Å². The Bertz CT molecular complexity index is 867. The molecule has 2 rings (SSSR count). The van der Waals surface area contributed by atoms with E-state index < -0.39 is 24.3 Å². The molecule has 0 aliphatic heterocycles. The van der Waals surface area contributed by atoms with Crippen molar-refractivity contribution in [3.8, 4) is 0 Å². The van der Waals surface area contributed by atoms with E-state index in [9.17, 15) is 14.4 Å². The summed E-state index contributed by atoms with van der Waals surface area (Å²) in [6, 6.07) is 6.93. The number of Topliss-reactive ketones (excluding diaryl/α,β-unsaturated/α-hetero) is 1. The van der Waals surface area contributed by atoms with Crippen LogP contribution in [0.3, 0.4) is 0 Å². The fourth-order valence-electron chi connectivity index (χ4n) is 2.74. The first-order chi connectivity index (χ1) is 12.8. The number of esters is 2. The highest BCUT2D eigenvalue weighted by atomic mass is 16.5. The van der Waals surface area contributed by atoms with Gasteiger partial charge in [-0.3, -0.25) is 4.79 Å². The van der Waals surface area contributed by atoms with Crippen LogP contribution in [0.1, 0.15) is 49.4 Å². The number of carbonyl (C=O) groups excluding carboxylic acids is 3. The molecule has 27 heavy (non-hydrogen) atoms. The van der Waals surface area contributed by atoms with Crippen molar-refractivity contribution in [2.24, 2.45) is 0 Å². The van der Waals surface area contributed by atoms with Crippen LogP contribution in [-0.2, 0) is 9.47 Å². The normalized spacial score (nSPS) is 10.4. The second kappa shape index (κ2) is 8.53. The number of nitrogens with zero attached hydrogens (tertiary/aromatic N) is 1. The number of aromatic nitrogens is 1. The van der Waals surface area contributed by atoms with Crippen LogP contribution in [0.4, 0.5) is 5.69 Å². The summed E-state index contributed by atoms with van der Waals surface area (Å²) in [7, 11) is 3.73. The van der Waals surface area contributed by atoms with Gasteiger partial charge in [-0.2, -0.15) is 0 Å². The Labute approximate surface area is 158 Å². The maximum Gasteiger partial charge on any atom is 0.340 e. The molecule has 7 heteroatoms. The largest absolute Gasteiger partial charge is 0.462 e. The molecular formula is C20H24N2O5. The lowest BCUT2D eigenvalue weighted by Gasteiger charge is -2.13. The van der Waals surface area contributed by atoms with Gasteiger partial charge in [0.15, 0.2) is 6.61 Å². The van der Waals surface area contributed by atoms with Crippen molar-refractivity contribution in [1.29, 1.82) is 0 Å². The number of nitrogens with one attached hydrogen (secondary N) is 1. The summed E-state index contributed by atoms with van der Waals surface area (Å²) in [5, 5.41) is 0. The number of hydrogen-bond donors (Lipinski definition) is 1. The third-order valence-electron chi connectivity index (χ3n) is 4.13. The van der Waals surface area contributed by atoms with Crippen molar-refractivity contribution < 1.29 is 23.9 Å². The predicted octanol–water partition coefficient (Wildman–Crippen LogP) is 2.91. The lowest BCUT2D eigenvalue weighted by Crippen LogP contribution is -2.16. The van der Waals surface area contributed by atoms with Gasteiger partial charge in [0.1, 0.15) is 0 Å². The number of H-pyrrole nitrogens is 1. The van der Waals surface area contributed by atoms with Gasteiger partial charge in [-0.1, -0.05) is 6.07 Å². The van der Waals surface area contributed by atoms with Gasteiger partial charge in [-0.25, -0.2) is 9.59 Å². The van der Waals surface area contributed by atoms with Crippen LogP contribution in [0.15, 0.2) is 24.3 Å². The first-order valence-corrected chi connectivity index (χ1v) is 8.60. The smallest absolute Gasteiger partial charge is 0.340 e. The summed E-state index contributed by atoms with van der Waals surface area (Å²) < 4.78 is 10.2. The van der Waals surface area contributed by atoms with Gasteiger partial charge in [0.2, 0.25) is 5.78 Å². The molecule has 0 fully saturated rings. The third kappa shape index (κ3) is 4.55. The number of ketones is 1. The molecule has 0 amide bonds. The third-order valence-corrected chi connectivity index (χ3v) is 4.13. The number of hydrogen-bond acceptors (Lipinski definition) is 6. The number of benzene rings is 1. The van der Waals surface area contributed by atoms with E-state index in [1.807, 2.05) is 25.1 Å². The summed E-state index contributed by atoms with van der Waals surface area (Å²) in [5.74, 6) is -1.48. The van der Waals surface area contributed by atoms with Crippen LogP contribution >= 0.6 is 0 Å². The van der Waals surface area contributed by atoms with Gasteiger partial charge in [-0.15, -0.1) is 0 Å². The Balaban J connectivity index is 2.10. The average molecular weight is 372 g/mol. The van der Waals surface area contributed by atoms with E-state index in [4.69, 9.17) is 9.47 Å². The number of ether oxygens (including phenoxy) is 2. The quantitative estimate of drug-likeness (QED) is 0.594. The molecule has 1 aromatic carbocycles. The van der Waals surface area contributed by atoms with Crippen molar-refractivity contribution in [3.63, 3.8) is 0 Å². The molecule has 1 heterocycles. The summed E-state index contributed by atoms with van der Waals surface area (Å²) in [6.07, 6.45) is 0. The summed E-state index contributed by atoms with van der Waals surface area (Å²) in [6.45, 7) is 4.88. The lowest BCUT2D eigenvalue weighted by molar-refractivity contribution is 0.0472. The van der Waals surface area contributed by atoms with Crippen LogP contribution in [0, 0.1) is 13.8 Å². The maximum absolute atomic E-state index is 12.5. The van der Waals surface area contributed by atoms with Gasteiger partial charge < -0.3 is 19.4 Å². The highest BCUT2D eigenvalue weighted by Gasteiger charge is 2.23. The van der Waals surface area contributed by atoms with Crippen molar-refractivity contribution in [1.82, 2.24) is 4.98 Å². The SMILES string of the molecule is CCOC(=O)c1c(C)[nH]c(C(=O)COC(=O)c2cccc(N(C)C)c2)c1C. The van der Waals surface area contributed by atoms with Gasteiger partial charge >= 0.3 is 11.9 Å². The number of aryl methyl sites for hydroxylation is 1. The fourth-order valence-corrected chi connectivity index (χ4v) is 2.74. The topological polar surface area (TPSA) is 88.7 Å². The van der Waals surface area contributed by atoms with E-state index >= 15 is 0 Å². The molecule has 0 unspecified atom stereocenters. The zero-order valence-corrected chi connectivity index (χ0v) is 16.2. The second-order valence-corrected chi connectivity index (χ2v) is 6.29. The number of aromatic amines is 1. The van der Waals surface area contributed by atoms with E-state index in [2.05, 4.69) is 4.98 Å². The molecule has 0 atom stereocenters. The number of anilines is 1. The molecule has 0 saturated heterocycles. The van der Waals surface area contributed by atoms with Gasteiger partial charge in [0.25, 0.3) is 0 Å². The standard InChI is InChI=1S/C20H24N2O5/c1-6-26-20(25)17-12(2)18(21-13(17)3)16(23)11-27-19(24)14-8-7-9-15(10-14)22(4)5/h7-10,21H,6,11H2,1-5H3. The number of carbonyl (C=O) groups is 3. The summed E-state index contributed by atoms with van der Waals surface area (Å²) in [4.78, 5) is 41.5. The maximum atomic E-state index is 12.5. The summed E-state index contributed by atoms with van der Waals surface area (Å²) >= 11 is 0. The van der Waals surface area contributed by atoms with E-state index in [-0.39, 0.29) is 12.3 Å². The first kappa shape index (κ1) is 20.2. The van der Waals surface area contributed by atoms with E-state index in [1.165, 1.54) is 0 Å². The lowest BCUT2D eigenvalue weighted by atomic mass is 10.1. The van der Waals surface area contributed by atoms with Crippen LogP contribution < -0.4 is 4.90 Å². The van der Waals surface area contributed by atoms with Crippen molar-refractivity contribution in [3.05, 3.63) is 52.3 Å². The summed E-state index contributed by atoms with van der Waals surface area (Å²) in [5.41, 5.74) is 2.82. The zero-order chi connectivity index (χ0) is 20.1. The van der Waals surface area contributed by atoms with Crippen LogP contribution in [0.2, 0.25) is 0 Å². The Morgan fingerprint density at radius 1 is 1.07 bits per heavy atom. The van der Waals surface area contributed by atoms with Crippen molar-refractivity contribution in [2.45, 2.75) is 20.8 Å². The molecule has 1 aromatic heterocycles. The van der Waals surface area contributed by atoms with Crippen LogP contribution in [-0.4, -0.2) is 50.0 Å². The second-order valence-electron chi connectivity index (χ2n) is 6.29. The van der Waals surface area contributed by atoms with Crippen LogP contribution in [0.25, 0.3) is 0 Å². The molecule has 0 aliphatic rings. The molecule has 0 radical (unpaired) electrons. The molecule has 144 valence electrons. The Kier molecular flexibility index (Phi) is 6.39. The molecule has 7 nitrogen and oxygen atoms in total. The molecule has 0 aliphatic carbocycles. The average Bonchev–Trinajstić information content (AvgIpc) is 2.94. The molecule has 0 saturated carbocycles. The molecule has 2 aromatic rings. The molecule has 0 spiro atoms. The van der Waals surface area contributed by atoms with Crippen LogP contribution in [0.5, 0.6) is 0 Å². The van der Waals surface area contributed by atoms with E-state index in [0.717, 1.165) is 5.69 Å². The van der Waals surface area contributed by atoms with Crippen molar-refractivity contribution in [2.75, 3.05) is 32.2 Å². The van der Waals surface area contributed by atoms with E-state index in [0.29, 0.717) is 22.4 Å². The molecule has 0 bridgehead atoms. The minimum atomic E-state index is -0.585. The molecule has 1 N–H and O–H groups in total. The number of rotatable bonds is 7. The minimum absolute atomic E-state index is 0.241. The highest BCUT2D eigenvalue weighted by molar-refractivity contribution is 6.03. The fraction of sp³-hybridized carbons (Fsp3) is 0.350. The van der Waals surface area contributed by atoms with Gasteiger partial charge in [0, 0.05) is 25.5 Å². The minimum Gasteiger partial charge on any atom is -0.462 e.